The molecule has 7 heteroatoms. The highest BCUT2D eigenvalue weighted by atomic mass is 19.1. The van der Waals surface area contributed by atoms with Gasteiger partial charge in [0.25, 0.3) is 0 Å². The van der Waals surface area contributed by atoms with Gasteiger partial charge in [0, 0.05) is 38.3 Å². The highest BCUT2D eigenvalue weighted by molar-refractivity contribution is 6.04. The van der Waals surface area contributed by atoms with Crippen molar-refractivity contribution in [3.63, 3.8) is 0 Å². The van der Waals surface area contributed by atoms with Crippen LogP contribution in [0.5, 0.6) is 0 Å². The molecule has 0 aliphatic heterocycles. The van der Waals surface area contributed by atoms with Crippen LogP contribution in [0, 0.1) is 5.95 Å². The Morgan fingerprint density at radius 3 is 2.48 bits per heavy atom. The first-order valence-corrected chi connectivity index (χ1v) is 7.77. The van der Waals surface area contributed by atoms with Gasteiger partial charge in [0.05, 0.1) is 17.2 Å². The molecule has 126 valence electrons. The van der Waals surface area contributed by atoms with Crippen molar-refractivity contribution in [2.75, 3.05) is 19.1 Å². The van der Waals surface area contributed by atoms with Gasteiger partial charge in [-0.15, -0.1) is 0 Å². The van der Waals surface area contributed by atoms with E-state index in [9.17, 15) is 9.18 Å². The van der Waals surface area contributed by atoms with Gasteiger partial charge in [0.15, 0.2) is 0 Å². The van der Waals surface area contributed by atoms with Crippen molar-refractivity contribution < 1.29 is 4.39 Å². The molecule has 0 unspecified atom stereocenters. The molecular formula is C18H16FN5O. The lowest BCUT2D eigenvalue weighted by molar-refractivity contribution is 0.584. The minimum Gasteiger partial charge on any atom is -0.314 e. The molecule has 4 rings (SSSR count). The summed E-state index contributed by atoms with van der Waals surface area (Å²) in [7, 11) is 5.37. The van der Waals surface area contributed by atoms with Gasteiger partial charge in [-0.2, -0.15) is 4.39 Å². The lowest BCUT2D eigenvalue weighted by Gasteiger charge is -2.14. The summed E-state index contributed by atoms with van der Waals surface area (Å²) < 4.78 is 16.3. The maximum atomic E-state index is 13.1. The predicted octanol–water partition coefficient (Wildman–Crippen LogP) is 2.29. The Morgan fingerprint density at radius 2 is 1.80 bits per heavy atom. The van der Waals surface area contributed by atoms with Crippen molar-refractivity contribution in [1.29, 1.82) is 0 Å². The molecule has 6 nitrogen and oxygen atoms in total. The summed E-state index contributed by atoms with van der Waals surface area (Å²) in [6.45, 7) is 0. The van der Waals surface area contributed by atoms with Crippen LogP contribution in [-0.2, 0) is 7.05 Å². The minimum atomic E-state index is -0.516. The third kappa shape index (κ3) is 2.27. The largest absolute Gasteiger partial charge is 0.347 e. The Hall–Kier alpha value is -3.22. The molecule has 0 radical (unpaired) electrons. The van der Waals surface area contributed by atoms with Gasteiger partial charge in [-0.25, -0.2) is 14.5 Å². The number of benzene rings is 1. The second kappa shape index (κ2) is 5.41. The molecule has 1 aromatic carbocycles. The highest BCUT2D eigenvalue weighted by Crippen LogP contribution is 2.28. The number of nitrogens with zero attached hydrogens (tertiary/aromatic N) is 5. The van der Waals surface area contributed by atoms with Gasteiger partial charge in [-0.05, 0) is 29.8 Å². The molecule has 0 spiro atoms. The first kappa shape index (κ1) is 15.3. The van der Waals surface area contributed by atoms with Gasteiger partial charge in [0.2, 0.25) is 5.95 Å². The Labute approximate surface area is 142 Å². The number of aryl methyl sites for hydroxylation is 1. The van der Waals surface area contributed by atoms with Crippen LogP contribution < -0.4 is 10.7 Å². The molecule has 3 aromatic heterocycles. The van der Waals surface area contributed by atoms with E-state index in [4.69, 9.17) is 0 Å². The monoisotopic (exact) mass is 337 g/mol. The third-order valence-corrected chi connectivity index (χ3v) is 4.32. The third-order valence-electron chi connectivity index (χ3n) is 4.32. The number of pyridine rings is 2. The zero-order valence-corrected chi connectivity index (χ0v) is 14.1. The Kier molecular flexibility index (Phi) is 3.31. The lowest BCUT2D eigenvalue weighted by atomic mass is 10.0. The van der Waals surface area contributed by atoms with Crippen LogP contribution >= 0.6 is 0 Å². The molecule has 0 N–H and O–H groups in total. The molecule has 0 aliphatic carbocycles. The van der Waals surface area contributed by atoms with Crippen LogP contribution in [0.25, 0.3) is 33.1 Å². The number of fused-ring (bicyclic) bond motifs is 3. The summed E-state index contributed by atoms with van der Waals surface area (Å²) in [5.41, 5.74) is 3.88. The van der Waals surface area contributed by atoms with E-state index >= 15 is 0 Å². The van der Waals surface area contributed by atoms with Gasteiger partial charge in [0.1, 0.15) is 5.52 Å². The standard InChI is InChI=1S/C18H16FN5O/c1-22(2)24-17-13-8-11(12-5-7-16(19)21-9-12)4-6-14(13)20-10-15(17)23(3)18(24)25/h4-10H,1-3H3. The average molecular weight is 337 g/mol. The normalized spacial score (nSPS) is 11.4. The highest BCUT2D eigenvalue weighted by Gasteiger charge is 2.16. The fraction of sp³-hybridized carbons (Fsp3) is 0.167. The molecule has 0 saturated heterocycles. The van der Waals surface area contributed by atoms with Crippen molar-refractivity contribution in [2.45, 2.75) is 0 Å². The molecular weight excluding hydrogens is 321 g/mol. The zero-order valence-electron chi connectivity index (χ0n) is 14.1. The molecule has 0 amide bonds. The fourth-order valence-electron chi connectivity index (χ4n) is 3.07. The van der Waals surface area contributed by atoms with Gasteiger partial charge in [-0.1, -0.05) is 6.07 Å². The van der Waals surface area contributed by atoms with E-state index in [2.05, 4.69) is 9.97 Å². The van der Waals surface area contributed by atoms with Crippen LogP contribution in [0.2, 0.25) is 0 Å². The quantitative estimate of drug-likeness (QED) is 0.527. The van der Waals surface area contributed by atoms with E-state index < -0.39 is 5.95 Å². The van der Waals surface area contributed by atoms with E-state index in [0.29, 0.717) is 0 Å². The smallest absolute Gasteiger partial charge is 0.314 e. The summed E-state index contributed by atoms with van der Waals surface area (Å²) in [6.07, 6.45) is 3.20. The fourth-order valence-corrected chi connectivity index (χ4v) is 3.07. The van der Waals surface area contributed by atoms with Crippen molar-refractivity contribution >= 4 is 21.9 Å². The summed E-state index contributed by atoms with van der Waals surface area (Å²) in [6, 6.07) is 8.78. The van der Waals surface area contributed by atoms with E-state index in [1.54, 1.807) is 33.6 Å². The van der Waals surface area contributed by atoms with Crippen molar-refractivity contribution in [3.8, 4) is 11.1 Å². The maximum Gasteiger partial charge on any atom is 0.347 e. The minimum absolute atomic E-state index is 0.136. The summed E-state index contributed by atoms with van der Waals surface area (Å²) in [4.78, 5) is 20.7. The summed E-state index contributed by atoms with van der Waals surface area (Å²) in [5, 5.41) is 2.60. The first-order valence-electron chi connectivity index (χ1n) is 7.77. The van der Waals surface area contributed by atoms with Crippen LogP contribution in [0.4, 0.5) is 4.39 Å². The lowest BCUT2D eigenvalue weighted by Crippen LogP contribution is -2.36. The number of imidazole rings is 1. The van der Waals surface area contributed by atoms with Crippen LogP contribution in [0.15, 0.2) is 47.5 Å². The molecule has 4 aromatic rings. The topological polar surface area (TPSA) is 56.0 Å². The molecule has 0 fully saturated rings. The average Bonchev–Trinajstić information content (AvgIpc) is 2.87. The number of rotatable bonds is 2. The molecule has 0 atom stereocenters. The number of aromatic nitrogens is 4. The van der Waals surface area contributed by atoms with Crippen LogP contribution in [0.3, 0.4) is 0 Å². The van der Waals surface area contributed by atoms with E-state index in [1.807, 2.05) is 32.3 Å². The molecule has 0 bridgehead atoms. The second-order valence-corrected chi connectivity index (χ2v) is 6.09. The van der Waals surface area contributed by atoms with E-state index in [0.717, 1.165) is 33.1 Å². The van der Waals surface area contributed by atoms with Gasteiger partial charge < -0.3 is 5.01 Å². The van der Waals surface area contributed by atoms with Crippen molar-refractivity contribution in [3.05, 3.63) is 59.2 Å². The Bertz CT molecular complexity index is 1160. The first-order chi connectivity index (χ1) is 12.0. The summed E-state index contributed by atoms with van der Waals surface area (Å²) >= 11 is 0. The Balaban J connectivity index is 2.09. The number of hydrogen-bond donors (Lipinski definition) is 0. The SMILES string of the molecule is CN(C)n1c(=O)n(C)c2cnc3ccc(-c4ccc(F)nc4)cc3c21. The van der Waals surface area contributed by atoms with Crippen molar-refractivity contribution in [1.82, 2.24) is 19.2 Å². The molecule has 0 aliphatic rings. The number of halogens is 1. The van der Waals surface area contributed by atoms with Crippen LogP contribution in [0.1, 0.15) is 0 Å². The zero-order chi connectivity index (χ0) is 17.7. The van der Waals surface area contributed by atoms with E-state index in [-0.39, 0.29) is 5.69 Å². The van der Waals surface area contributed by atoms with Gasteiger partial charge >= 0.3 is 5.69 Å². The second-order valence-electron chi connectivity index (χ2n) is 6.09. The molecule has 0 saturated carbocycles. The van der Waals surface area contributed by atoms with Crippen molar-refractivity contribution in [2.24, 2.45) is 7.05 Å². The summed E-state index contributed by atoms with van der Waals surface area (Å²) in [5.74, 6) is -0.516. The predicted molar refractivity (Wildman–Crippen MR) is 95.7 cm³/mol. The number of hydrogen-bond acceptors (Lipinski definition) is 4. The molecule has 3 heterocycles. The Morgan fingerprint density at radius 1 is 1.04 bits per heavy atom. The molecule has 25 heavy (non-hydrogen) atoms. The van der Waals surface area contributed by atoms with Crippen LogP contribution in [-0.4, -0.2) is 33.3 Å². The maximum absolute atomic E-state index is 13.1. The van der Waals surface area contributed by atoms with Gasteiger partial charge in [-0.3, -0.25) is 9.55 Å². The van der Waals surface area contributed by atoms with E-state index in [1.165, 1.54) is 12.3 Å².